The van der Waals surface area contributed by atoms with E-state index in [1.807, 2.05) is 19.7 Å². The van der Waals surface area contributed by atoms with Crippen molar-refractivity contribution in [3.05, 3.63) is 148 Å². The molecular formula is C35H36Cl2Si3Zr. The summed E-state index contributed by atoms with van der Waals surface area (Å²) < 4.78 is 0. The molecule has 0 radical (unpaired) electrons. The van der Waals surface area contributed by atoms with Gasteiger partial charge in [-0.2, -0.15) is 22.9 Å². The van der Waals surface area contributed by atoms with Gasteiger partial charge < -0.3 is 24.8 Å². The van der Waals surface area contributed by atoms with E-state index >= 15 is 0 Å². The molecule has 0 spiro atoms. The Balaban J connectivity index is 0.000000333. The zero-order chi connectivity index (χ0) is 27.0. The van der Waals surface area contributed by atoms with Gasteiger partial charge in [-0.3, -0.25) is 0 Å². The normalized spacial score (nSPS) is 15.1. The molecule has 0 amide bonds. The molecule has 2 aliphatic rings. The number of rotatable bonds is 4. The van der Waals surface area contributed by atoms with Crippen molar-refractivity contribution in [2.75, 3.05) is 0 Å². The van der Waals surface area contributed by atoms with Gasteiger partial charge in [-0.15, -0.1) is 39.5 Å². The summed E-state index contributed by atoms with van der Waals surface area (Å²) in [4.78, 5) is 0. The molecule has 0 atom stereocenters. The SMILES string of the molecule is CC1(C)[CH-]C(=[SiH2])c2ccccc21.C[Si](C)(C=[SiH2])C1=c2ccccc2=[C-]C1(c1ccccc1)c1ccccc1.[Cl-].[Cl-].[Zr+4]. The minimum absolute atomic E-state index is 0. The summed E-state index contributed by atoms with van der Waals surface area (Å²) in [6.07, 6.45) is 6.31. The largest absolute Gasteiger partial charge is 4.00 e. The standard InChI is InChI=1S/C24H23Si2.C11H13Si.2ClH.Zr/c1-26(2,18-25)23-22-16-10-9-11-19(22)17-24(23,20-12-5-3-6-13-20)21-14-7-4-8-15-21;1-11(2)7-10(12)8-5-3-4-6-9(8)11;;;/h3-16,18H,25H2,1-2H3;3-7H,12H2,1-2H3;2*1H;/q2*-1;;;+4/p-2. The van der Waals surface area contributed by atoms with Crippen LogP contribution in [0.4, 0.5) is 0 Å². The molecule has 0 aromatic heterocycles. The van der Waals surface area contributed by atoms with Gasteiger partial charge in [0.25, 0.3) is 0 Å². The van der Waals surface area contributed by atoms with E-state index in [2.05, 4.69) is 154 Å². The first-order valence-electron chi connectivity index (χ1n) is 13.4. The number of halogens is 2. The molecule has 0 unspecified atom stereocenters. The Morgan fingerprint density at radius 2 is 1.22 bits per heavy atom. The van der Waals surface area contributed by atoms with Crippen LogP contribution < -0.4 is 35.3 Å². The molecular weight excluding hydrogens is 667 g/mol. The topological polar surface area (TPSA) is 0 Å². The first kappa shape index (κ1) is 35.5. The van der Waals surface area contributed by atoms with Crippen LogP contribution in [0.25, 0.3) is 11.3 Å². The van der Waals surface area contributed by atoms with E-state index in [-0.39, 0.29) is 61.8 Å². The fourth-order valence-electron chi connectivity index (χ4n) is 6.10. The Labute approximate surface area is 284 Å². The zero-order valence-electron chi connectivity index (χ0n) is 24.2. The monoisotopic (exact) mass is 700 g/mol. The maximum absolute atomic E-state index is 3.95. The molecule has 206 valence electrons. The average molecular weight is 703 g/mol. The van der Waals surface area contributed by atoms with Crippen molar-refractivity contribution in [2.45, 2.75) is 37.8 Å². The molecule has 0 N–H and O–H groups in total. The number of benzene rings is 4. The molecule has 4 aromatic carbocycles. The van der Waals surface area contributed by atoms with Gasteiger partial charge in [0.1, 0.15) is 0 Å². The molecule has 6 heteroatoms. The maximum atomic E-state index is 3.95. The van der Waals surface area contributed by atoms with Crippen LogP contribution in [0.5, 0.6) is 0 Å². The van der Waals surface area contributed by atoms with E-state index in [9.17, 15) is 0 Å². The maximum Gasteiger partial charge on any atom is 4.00 e. The Kier molecular flexibility index (Phi) is 12.3. The summed E-state index contributed by atoms with van der Waals surface area (Å²) >= 11 is 0. The van der Waals surface area contributed by atoms with Crippen LogP contribution >= 0.6 is 0 Å². The molecule has 0 fully saturated rings. The van der Waals surface area contributed by atoms with Gasteiger partial charge in [-0.05, 0) is 26.4 Å². The summed E-state index contributed by atoms with van der Waals surface area (Å²) in [7, 11) is 2.23. The van der Waals surface area contributed by atoms with Crippen molar-refractivity contribution < 1.29 is 51.0 Å². The molecule has 0 saturated carbocycles. The Bertz CT molecular complexity index is 1590. The predicted octanol–water partition coefficient (Wildman–Crippen LogP) is -1.94. The van der Waals surface area contributed by atoms with Gasteiger partial charge in [-0.25, -0.2) is 11.6 Å². The molecule has 0 bridgehead atoms. The summed E-state index contributed by atoms with van der Waals surface area (Å²) in [6.45, 7) is 9.46. The second-order valence-electron chi connectivity index (χ2n) is 11.4. The van der Waals surface area contributed by atoms with Crippen molar-refractivity contribution in [1.82, 2.24) is 0 Å². The van der Waals surface area contributed by atoms with Gasteiger partial charge >= 0.3 is 26.2 Å². The minimum Gasteiger partial charge on any atom is -1.00 e. The number of hydrogen-bond donors (Lipinski definition) is 0. The van der Waals surface area contributed by atoms with E-state index < -0.39 is 8.07 Å². The molecule has 4 aromatic rings. The first-order valence-corrected chi connectivity index (χ1v) is 18.0. The summed E-state index contributed by atoms with van der Waals surface area (Å²) in [5, 5.41) is 8.08. The summed E-state index contributed by atoms with van der Waals surface area (Å²) in [6, 6.07) is 39.3. The molecule has 0 nitrogen and oxygen atoms in total. The zero-order valence-corrected chi connectivity index (χ0v) is 32.0. The van der Waals surface area contributed by atoms with E-state index in [1.165, 1.54) is 37.9 Å². The van der Waals surface area contributed by atoms with Crippen molar-refractivity contribution >= 4 is 49.5 Å². The smallest absolute Gasteiger partial charge is 1.00 e. The summed E-state index contributed by atoms with van der Waals surface area (Å²) in [5.41, 5.74) is 5.45. The first-order chi connectivity index (χ1) is 18.2. The van der Waals surface area contributed by atoms with Crippen molar-refractivity contribution in [1.29, 1.82) is 0 Å². The van der Waals surface area contributed by atoms with Gasteiger partial charge in [-0.1, -0.05) is 127 Å². The van der Waals surface area contributed by atoms with Gasteiger partial charge in [0.2, 0.25) is 0 Å². The third-order valence-corrected chi connectivity index (χ3v) is 14.6. The van der Waals surface area contributed by atoms with Gasteiger partial charge in [0.15, 0.2) is 0 Å². The third-order valence-electron chi connectivity index (χ3n) is 7.96. The van der Waals surface area contributed by atoms with E-state index in [0.29, 0.717) is 0 Å². The number of hydrogen-bond acceptors (Lipinski definition) is 0. The second-order valence-corrected chi connectivity index (χ2v) is 17.7. The quantitative estimate of drug-likeness (QED) is 0.172. The van der Waals surface area contributed by atoms with E-state index in [4.69, 9.17) is 0 Å². The second kappa shape index (κ2) is 14.2. The summed E-state index contributed by atoms with van der Waals surface area (Å²) in [5.74, 6) is 0. The van der Waals surface area contributed by atoms with Crippen LogP contribution in [0.3, 0.4) is 0 Å². The molecule has 6 rings (SSSR count). The minimum atomic E-state index is -1.75. The van der Waals surface area contributed by atoms with Crippen LogP contribution in [0, 0.1) is 6.42 Å². The molecule has 0 saturated heterocycles. The average Bonchev–Trinajstić information content (AvgIpc) is 3.42. The molecule has 0 aliphatic heterocycles. The Morgan fingerprint density at radius 3 is 1.76 bits per heavy atom. The fraction of sp³-hybridized carbons (Fsp3) is 0.171. The van der Waals surface area contributed by atoms with E-state index in [1.54, 1.807) is 5.20 Å². The third kappa shape index (κ3) is 6.64. The van der Waals surface area contributed by atoms with Crippen molar-refractivity contribution in [3.63, 3.8) is 0 Å². The van der Waals surface area contributed by atoms with Gasteiger partial charge in [0.05, 0.1) is 8.07 Å². The molecule has 0 heterocycles. The van der Waals surface area contributed by atoms with Crippen molar-refractivity contribution in [2.24, 2.45) is 0 Å². The van der Waals surface area contributed by atoms with E-state index in [0.717, 1.165) is 0 Å². The molecule has 41 heavy (non-hydrogen) atoms. The van der Waals surface area contributed by atoms with Crippen LogP contribution in [0.15, 0.2) is 109 Å². The Hall–Kier alpha value is -1.66. The number of fused-ring (bicyclic) bond motifs is 2. The van der Waals surface area contributed by atoms with Crippen LogP contribution in [-0.2, 0) is 37.0 Å². The van der Waals surface area contributed by atoms with Crippen LogP contribution in [-0.4, -0.2) is 38.2 Å². The fourth-order valence-corrected chi connectivity index (χ4v) is 9.97. The van der Waals surface area contributed by atoms with Crippen molar-refractivity contribution in [3.8, 4) is 0 Å². The Morgan fingerprint density at radius 1 is 0.732 bits per heavy atom. The van der Waals surface area contributed by atoms with Crippen LogP contribution in [0.2, 0.25) is 13.1 Å². The van der Waals surface area contributed by atoms with Gasteiger partial charge in [0, 0.05) is 0 Å². The van der Waals surface area contributed by atoms with Crippen LogP contribution in [0.1, 0.15) is 36.1 Å². The molecule has 2 aliphatic carbocycles. The predicted molar refractivity (Wildman–Crippen MR) is 175 cm³/mol.